The van der Waals surface area contributed by atoms with Gasteiger partial charge in [-0.1, -0.05) is 47.9 Å². The zero-order valence-electron chi connectivity index (χ0n) is 14.2. The molecule has 0 saturated carbocycles. The molecule has 7 heteroatoms. The Hall–Kier alpha value is -2.41. The van der Waals surface area contributed by atoms with Crippen LogP contribution in [0.5, 0.6) is 0 Å². The number of benzene rings is 1. The van der Waals surface area contributed by atoms with E-state index in [2.05, 4.69) is 26.2 Å². The Morgan fingerprint density at radius 2 is 2.12 bits per heavy atom. The van der Waals surface area contributed by atoms with E-state index >= 15 is 0 Å². The van der Waals surface area contributed by atoms with Crippen LogP contribution in [-0.2, 0) is 16.8 Å². The number of carbonyl (C=O) groups excluding carboxylic acids is 1. The number of nitrogens with zero attached hydrogens (tertiary/aromatic N) is 3. The summed E-state index contributed by atoms with van der Waals surface area (Å²) in [6.45, 7) is 6.15. The molecule has 1 aromatic carbocycles. The number of hydrogen-bond acceptors (Lipinski definition) is 5. The van der Waals surface area contributed by atoms with Crippen molar-refractivity contribution in [3.05, 3.63) is 64.2 Å². The molecule has 0 unspecified atom stereocenters. The topological polar surface area (TPSA) is 70.2 Å². The predicted molar refractivity (Wildman–Crippen MR) is 95.6 cm³/mol. The van der Waals surface area contributed by atoms with Crippen molar-refractivity contribution < 1.29 is 14.1 Å². The van der Waals surface area contributed by atoms with Gasteiger partial charge in [-0.15, -0.1) is 0 Å². The van der Waals surface area contributed by atoms with Gasteiger partial charge in [0, 0.05) is 22.2 Å². The van der Waals surface area contributed by atoms with Crippen LogP contribution in [-0.4, -0.2) is 20.9 Å². The second kappa shape index (κ2) is 6.84. The Morgan fingerprint density at radius 3 is 2.80 bits per heavy atom. The highest BCUT2D eigenvalue weighted by molar-refractivity contribution is 9.10. The number of aromatic nitrogens is 3. The summed E-state index contributed by atoms with van der Waals surface area (Å²) in [4.78, 5) is 12.2. The molecule has 0 saturated heterocycles. The zero-order valence-corrected chi connectivity index (χ0v) is 15.8. The van der Waals surface area contributed by atoms with E-state index < -0.39 is 5.97 Å². The molecule has 0 aliphatic rings. The van der Waals surface area contributed by atoms with E-state index in [1.54, 1.807) is 16.9 Å². The standard InChI is InChI=1S/C18H18BrN3O3/c1-18(2,3)16-8-15(25-21-16)11-24-17(23)12-9-20-22(10-12)14-6-4-5-13(19)7-14/h4-10H,11H2,1-3H3. The Labute approximate surface area is 153 Å². The summed E-state index contributed by atoms with van der Waals surface area (Å²) in [5.74, 6) is 0.0487. The molecule has 0 amide bonds. The smallest absolute Gasteiger partial charge is 0.341 e. The Bertz CT molecular complexity index is 893. The van der Waals surface area contributed by atoms with Gasteiger partial charge in [0.25, 0.3) is 0 Å². The molecule has 0 N–H and O–H groups in total. The van der Waals surface area contributed by atoms with Crippen LogP contribution in [0.2, 0.25) is 0 Å². The van der Waals surface area contributed by atoms with Crippen molar-refractivity contribution in [3.63, 3.8) is 0 Å². The maximum Gasteiger partial charge on any atom is 0.341 e. The molecule has 0 aliphatic carbocycles. The van der Waals surface area contributed by atoms with Crippen LogP contribution < -0.4 is 0 Å². The minimum Gasteiger partial charge on any atom is -0.454 e. The van der Waals surface area contributed by atoms with Crippen LogP contribution in [0, 0.1) is 0 Å². The van der Waals surface area contributed by atoms with Crippen molar-refractivity contribution in [2.75, 3.05) is 0 Å². The number of hydrogen-bond donors (Lipinski definition) is 0. The van der Waals surface area contributed by atoms with Crippen molar-refractivity contribution in [1.29, 1.82) is 0 Å². The van der Waals surface area contributed by atoms with E-state index in [0.29, 0.717) is 11.3 Å². The summed E-state index contributed by atoms with van der Waals surface area (Å²) < 4.78 is 13.0. The molecule has 6 nitrogen and oxygen atoms in total. The highest BCUT2D eigenvalue weighted by Gasteiger charge is 2.20. The van der Waals surface area contributed by atoms with E-state index in [1.807, 2.05) is 45.0 Å². The molecule has 130 valence electrons. The molecule has 3 aromatic rings. The van der Waals surface area contributed by atoms with Gasteiger partial charge in [-0.3, -0.25) is 0 Å². The normalized spacial score (nSPS) is 11.5. The van der Waals surface area contributed by atoms with Crippen LogP contribution in [0.3, 0.4) is 0 Å². The van der Waals surface area contributed by atoms with Gasteiger partial charge in [0.1, 0.15) is 0 Å². The first-order valence-electron chi connectivity index (χ1n) is 7.77. The fourth-order valence-electron chi connectivity index (χ4n) is 2.14. The Balaban J connectivity index is 1.65. The number of ether oxygens (including phenoxy) is 1. The fraction of sp³-hybridized carbons (Fsp3) is 0.278. The lowest BCUT2D eigenvalue weighted by Gasteiger charge is -2.12. The Morgan fingerprint density at radius 1 is 1.32 bits per heavy atom. The molecule has 0 spiro atoms. The molecule has 2 aromatic heterocycles. The van der Waals surface area contributed by atoms with Crippen molar-refractivity contribution in [2.24, 2.45) is 0 Å². The van der Waals surface area contributed by atoms with Crippen molar-refractivity contribution in [3.8, 4) is 5.69 Å². The van der Waals surface area contributed by atoms with Crippen LogP contribution in [0.4, 0.5) is 0 Å². The van der Waals surface area contributed by atoms with E-state index in [9.17, 15) is 4.79 Å². The van der Waals surface area contributed by atoms with Crippen molar-refractivity contribution in [1.82, 2.24) is 14.9 Å². The lowest BCUT2D eigenvalue weighted by atomic mass is 9.92. The fourth-order valence-corrected chi connectivity index (χ4v) is 2.53. The summed E-state index contributed by atoms with van der Waals surface area (Å²) in [6.07, 6.45) is 3.11. The first kappa shape index (κ1) is 17.4. The molecule has 0 fully saturated rings. The maximum atomic E-state index is 12.2. The average Bonchev–Trinajstić information content (AvgIpc) is 3.21. The number of esters is 1. The van der Waals surface area contributed by atoms with Gasteiger partial charge in [-0.25, -0.2) is 9.48 Å². The number of rotatable bonds is 4. The molecule has 0 aliphatic heterocycles. The highest BCUT2D eigenvalue weighted by atomic mass is 79.9. The summed E-state index contributed by atoms with van der Waals surface area (Å²) in [5, 5.41) is 8.20. The van der Waals surface area contributed by atoms with Crippen molar-refractivity contribution >= 4 is 21.9 Å². The van der Waals surface area contributed by atoms with E-state index in [4.69, 9.17) is 9.26 Å². The lowest BCUT2D eigenvalue weighted by Crippen LogP contribution is -2.11. The summed E-state index contributed by atoms with van der Waals surface area (Å²) in [7, 11) is 0. The third kappa shape index (κ3) is 4.17. The largest absolute Gasteiger partial charge is 0.454 e. The van der Waals surface area contributed by atoms with Crippen LogP contribution in [0.1, 0.15) is 42.6 Å². The van der Waals surface area contributed by atoms with Gasteiger partial charge in [-0.2, -0.15) is 5.10 Å². The van der Waals surface area contributed by atoms with Gasteiger partial charge in [0.05, 0.1) is 23.1 Å². The van der Waals surface area contributed by atoms with E-state index in [1.165, 1.54) is 6.20 Å². The summed E-state index contributed by atoms with van der Waals surface area (Å²) >= 11 is 3.41. The molecule has 0 bridgehead atoms. The molecule has 0 atom stereocenters. The molecule has 3 rings (SSSR count). The van der Waals surface area contributed by atoms with Crippen LogP contribution >= 0.6 is 15.9 Å². The minimum absolute atomic E-state index is 0.0317. The lowest BCUT2D eigenvalue weighted by molar-refractivity contribution is 0.0437. The summed E-state index contributed by atoms with van der Waals surface area (Å²) in [6, 6.07) is 9.43. The monoisotopic (exact) mass is 403 g/mol. The van der Waals surface area contributed by atoms with Gasteiger partial charge in [0.2, 0.25) is 0 Å². The molecular weight excluding hydrogens is 386 g/mol. The maximum absolute atomic E-state index is 12.2. The number of halogens is 1. The zero-order chi connectivity index (χ0) is 18.0. The predicted octanol–water partition coefficient (Wildman–Crippen LogP) is 4.28. The van der Waals surface area contributed by atoms with Gasteiger partial charge < -0.3 is 9.26 Å². The minimum atomic E-state index is -0.463. The molecule has 0 radical (unpaired) electrons. The van der Waals surface area contributed by atoms with E-state index in [-0.39, 0.29) is 12.0 Å². The molecule has 2 heterocycles. The van der Waals surface area contributed by atoms with Gasteiger partial charge >= 0.3 is 5.97 Å². The highest BCUT2D eigenvalue weighted by Crippen LogP contribution is 2.22. The first-order chi connectivity index (χ1) is 11.8. The Kier molecular flexibility index (Phi) is 4.76. The number of carbonyl (C=O) groups is 1. The van der Waals surface area contributed by atoms with Crippen LogP contribution in [0.25, 0.3) is 5.69 Å². The average molecular weight is 404 g/mol. The molecular formula is C18H18BrN3O3. The quantitative estimate of drug-likeness (QED) is 0.608. The summed E-state index contributed by atoms with van der Waals surface area (Å²) in [5.41, 5.74) is 1.92. The molecule has 25 heavy (non-hydrogen) atoms. The SMILES string of the molecule is CC(C)(C)c1cc(COC(=O)c2cnn(-c3cccc(Br)c3)c2)on1. The third-order valence-electron chi connectivity index (χ3n) is 3.56. The third-order valence-corrected chi connectivity index (χ3v) is 4.06. The van der Waals surface area contributed by atoms with Crippen LogP contribution in [0.15, 0.2) is 51.7 Å². The second-order valence-electron chi connectivity index (χ2n) is 6.66. The van der Waals surface area contributed by atoms with E-state index in [0.717, 1.165) is 15.9 Å². The van der Waals surface area contributed by atoms with Crippen molar-refractivity contribution in [2.45, 2.75) is 32.8 Å². The second-order valence-corrected chi connectivity index (χ2v) is 7.57. The first-order valence-corrected chi connectivity index (χ1v) is 8.56. The van der Waals surface area contributed by atoms with Gasteiger partial charge in [-0.05, 0) is 18.2 Å². The van der Waals surface area contributed by atoms with Gasteiger partial charge in [0.15, 0.2) is 12.4 Å².